The fraction of sp³-hybridized carbons (Fsp3) is 0.263. The molecule has 0 radical (unpaired) electrons. The maximum atomic E-state index is 12.0. The molecule has 1 aliphatic heterocycles. The summed E-state index contributed by atoms with van der Waals surface area (Å²) in [6.07, 6.45) is 3.16. The van der Waals surface area contributed by atoms with Crippen LogP contribution in [0, 0.1) is 5.92 Å². The highest BCUT2D eigenvalue weighted by atomic mass is 16.2. The molecule has 0 spiro atoms. The zero-order valence-corrected chi connectivity index (χ0v) is 12.9. The molecule has 4 heteroatoms. The van der Waals surface area contributed by atoms with Crippen LogP contribution in [-0.4, -0.2) is 16.8 Å². The lowest BCUT2D eigenvalue weighted by molar-refractivity contribution is 0.184. The Bertz CT molecular complexity index is 769. The van der Waals surface area contributed by atoms with Crippen molar-refractivity contribution in [3.63, 3.8) is 0 Å². The van der Waals surface area contributed by atoms with E-state index in [0.29, 0.717) is 0 Å². The number of nitrogens with two attached hydrogens (primary N) is 1. The van der Waals surface area contributed by atoms with Crippen molar-refractivity contribution in [2.45, 2.75) is 25.3 Å². The number of rotatable bonds is 1. The van der Waals surface area contributed by atoms with E-state index in [9.17, 15) is 4.79 Å². The third-order valence-electron chi connectivity index (χ3n) is 4.83. The summed E-state index contributed by atoms with van der Waals surface area (Å²) >= 11 is 0. The average Bonchev–Trinajstić information content (AvgIpc) is 2.86. The Hall–Kier alpha value is -2.62. The Morgan fingerprint density at radius 2 is 1.83 bits per heavy atom. The molecule has 2 aliphatic rings. The average molecular weight is 305 g/mol. The number of hydrogen-bond acceptors (Lipinski definition) is 2. The van der Waals surface area contributed by atoms with E-state index < -0.39 is 6.03 Å². The Morgan fingerprint density at radius 3 is 2.61 bits per heavy atom. The van der Waals surface area contributed by atoms with Crippen molar-refractivity contribution in [2.75, 3.05) is 0 Å². The molecular weight excluding hydrogens is 286 g/mol. The van der Waals surface area contributed by atoms with Crippen molar-refractivity contribution < 1.29 is 4.79 Å². The molecule has 0 fully saturated rings. The molecule has 2 amide bonds. The lowest BCUT2D eigenvalue weighted by Crippen LogP contribution is -2.34. The first-order valence-electron chi connectivity index (χ1n) is 8.06. The van der Waals surface area contributed by atoms with Crippen LogP contribution in [0.1, 0.15) is 35.6 Å². The van der Waals surface area contributed by atoms with Gasteiger partial charge in [-0.1, -0.05) is 54.6 Å². The van der Waals surface area contributed by atoms with Crippen molar-refractivity contribution in [3.05, 3.63) is 71.3 Å². The second kappa shape index (κ2) is 5.54. The molecular formula is C19H19N3O. The molecule has 1 aliphatic carbocycles. The Kier molecular flexibility index (Phi) is 3.37. The van der Waals surface area contributed by atoms with Crippen molar-refractivity contribution in [3.8, 4) is 0 Å². The predicted molar refractivity (Wildman–Crippen MR) is 90.0 cm³/mol. The van der Waals surface area contributed by atoms with E-state index in [2.05, 4.69) is 35.4 Å². The van der Waals surface area contributed by atoms with Gasteiger partial charge in [-0.2, -0.15) is 5.10 Å². The van der Waals surface area contributed by atoms with Gasteiger partial charge in [-0.3, -0.25) is 0 Å². The smallest absolute Gasteiger partial charge is 0.335 e. The van der Waals surface area contributed by atoms with Gasteiger partial charge in [0, 0.05) is 11.5 Å². The van der Waals surface area contributed by atoms with Crippen molar-refractivity contribution in [1.82, 2.24) is 5.01 Å². The summed E-state index contributed by atoms with van der Waals surface area (Å²) in [4.78, 5) is 12.0. The van der Waals surface area contributed by atoms with Crippen LogP contribution in [0.15, 0.2) is 59.7 Å². The number of hydrazone groups is 1. The van der Waals surface area contributed by atoms with Gasteiger partial charge in [-0.15, -0.1) is 0 Å². The summed E-state index contributed by atoms with van der Waals surface area (Å²) in [5.74, 6) is 0.202. The highest BCUT2D eigenvalue weighted by Gasteiger charge is 2.42. The molecule has 116 valence electrons. The van der Waals surface area contributed by atoms with Gasteiger partial charge >= 0.3 is 6.03 Å². The third-order valence-corrected chi connectivity index (χ3v) is 4.83. The molecule has 0 unspecified atom stereocenters. The standard InChI is InChI=1S/C19H19N3O/c20-19(23)22-18(14-8-2-1-3-9-14)16-12-6-10-13-7-4-5-11-15(13)17(16)21-22/h1-5,7-9,11,16,18H,6,10,12H2,(H2,20,23)/t16-,18+/m0/s1. The van der Waals surface area contributed by atoms with Crippen LogP contribution in [0.4, 0.5) is 4.79 Å². The highest BCUT2D eigenvalue weighted by Crippen LogP contribution is 2.42. The Morgan fingerprint density at radius 1 is 1.09 bits per heavy atom. The topological polar surface area (TPSA) is 58.7 Å². The van der Waals surface area contributed by atoms with Crippen LogP contribution in [0.5, 0.6) is 0 Å². The maximum absolute atomic E-state index is 12.0. The van der Waals surface area contributed by atoms with Crippen LogP contribution in [0.25, 0.3) is 0 Å². The number of carbonyl (C=O) groups excluding carboxylic acids is 1. The minimum absolute atomic E-state index is 0.102. The highest BCUT2D eigenvalue weighted by molar-refractivity contribution is 6.06. The van der Waals surface area contributed by atoms with Gasteiger partial charge in [0.2, 0.25) is 0 Å². The van der Waals surface area contributed by atoms with E-state index in [1.807, 2.05) is 24.3 Å². The molecule has 2 aromatic rings. The summed E-state index contributed by atoms with van der Waals surface area (Å²) in [5, 5.41) is 6.11. The summed E-state index contributed by atoms with van der Waals surface area (Å²) in [5.41, 5.74) is 10.2. The van der Waals surface area contributed by atoms with E-state index in [4.69, 9.17) is 5.73 Å². The molecule has 4 nitrogen and oxygen atoms in total. The number of benzene rings is 2. The number of carbonyl (C=O) groups is 1. The van der Waals surface area contributed by atoms with E-state index in [1.165, 1.54) is 16.1 Å². The minimum Gasteiger partial charge on any atom is -0.350 e. The third kappa shape index (κ3) is 2.31. The van der Waals surface area contributed by atoms with Crippen molar-refractivity contribution >= 4 is 11.7 Å². The van der Waals surface area contributed by atoms with Crippen molar-refractivity contribution in [1.29, 1.82) is 0 Å². The fourth-order valence-corrected chi connectivity index (χ4v) is 3.83. The Labute approximate surface area is 135 Å². The van der Waals surface area contributed by atoms with Gasteiger partial charge in [0.1, 0.15) is 0 Å². The fourth-order valence-electron chi connectivity index (χ4n) is 3.83. The molecule has 2 atom stereocenters. The van der Waals surface area contributed by atoms with Crippen molar-refractivity contribution in [2.24, 2.45) is 16.8 Å². The van der Waals surface area contributed by atoms with E-state index in [1.54, 1.807) is 0 Å². The Balaban J connectivity index is 1.84. The normalized spacial score (nSPS) is 22.8. The molecule has 0 saturated carbocycles. The number of nitrogens with zero attached hydrogens (tertiary/aromatic N) is 2. The molecule has 0 bridgehead atoms. The van der Waals surface area contributed by atoms with Crippen LogP contribution in [-0.2, 0) is 6.42 Å². The lowest BCUT2D eigenvalue weighted by atomic mass is 9.85. The van der Waals surface area contributed by atoms with Crippen LogP contribution >= 0.6 is 0 Å². The van der Waals surface area contributed by atoms with E-state index in [-0.39, 0.29) is 12.0 Å². The second-order valence-corrected chi connectivity index (χ2v) is 6.18. The van der Waals surface area contributed by atoms with E-state index in [0.717, 1.165) is 30.5 Å². The summed E-state index contributed by atoms with van der Waals surface area (Å²) in [6, 6.07) is 17.9. The summed E-state index contributed by atoms with van der Waals surface area (Å²) in [7, 11) is 0. The number of urea groups is 1. The zero-order chi connectivity index (χ0) is 15.8. The van der Waals surface area contributed by atoms with Gasteiger partial charge in [0.25, 0.3) is 0 Å². The largest absolute Gasteiger partial charge is 0.350 e. The number of primary amides is 1. The molecule has 1 heterocycles. The molecule has 4 rings (SSSR count). The molecule has 0 aromatic heterocycles. The van der Waals surface area contributed by atoms with Gasteiger partial charge < -0.3 is 5.73 Å². The first-order chi connectivity index (χ1) is 11.3. The van der Waals surface area contributed by atoms with E-state index >= 15 is 0 Å². The van der Waals surface area contributed by atoms with Gasteiger partial charge in [-0.05, 0) is 30.4 Å². The zero-order valence-electron chi connectivity index (χ0n) is 12.9. The molecule has 2 aromatic carbocycles. The predicted octanol–water partition coefficient (Wildman–Crippen LogP) is 3.48. The number of aryl methyl sites for hydroxylation is 1. The van der Waals surface area contributed by atoms with Gasteiger partial charge in [-0.25, -0.2) is 9.80 Å². The summed E-state index contributed by atoms with van der Waals surface area (Å²) in [6.45, 7) is 0. The maximum Gasteiger partial charge on any atom is 0.335 e. The SMILES string of the molecule is NC(=O)N1N=C2c3ccccc3CCC[C@@H]2[C@H]1c1ccccc1. The quantitative estimate of drug-likeness (QED) is 0.861. The van der Waals surface area contributed by atoms with Crippen LogP contribution in [0.3, 0.4) is 0 Å². The minimum atomic E-state index is -0.489. The lowest BCUT2D eigenvalue weighted by Gasteiger charge is -2.25. The monoisotopic (exact) mass is 305 g/mol. The van der Waals surface area contributed by atoms with Gasteiger partial charge in [0.15, 0.2) is 0 Å². The summed E-state index contributed by atoms with van der Waals surface area (Å²) < 4.78 is 0. The number of amides is 2. The van der Waals surface area contributed by atoms with Gasteiger partial charge in [0.05, 0.1) is 11.8 Å². The molecule has 2 N–H and O–H groups in total. The first kappa shape index (κ1) is 14.0. The van der Waals surface area contributed by atoms with Crippen LogP contribution in [0.2, 0.25) is 0 Å². The number of fused-ring (bicyclic) bond motifs is 3. The number of hydrogen-bond donors (Lipinski definition) is 1. The van der Waals surface area contributed by atoms with Crippen LogP contribution < -0.4 is 5.73 Å². The first-order valence-corrected chi connectivity index (χ1v) is 8.06. The molecule has 0 saturated heterocycles. The second-order valence-electron chi connectivity index (χ2n) is 6.18. The molecule has 23 heavy (non-hydrogen) atoms.